The molecule has 0 spiro atoms. The lowest BCUT2D eigenvalue weighted by Crippen LogP contribution is -2.25. The molecule has 1 amide bonds. The van der Waals surface area contributed by atoms with Crippen molar-refractivity contribution in [1.82, 2.24) is 0 Å². The predicted octanol–water partition coefficient (Wildman–Crippen LogP) is 1.33. The monoisotopic (exact) mass is 233 g/mol. The zero-order valence-corrected chi connectivity index (χ0v) is 10.5. The molecule has 0 aromatic rings. The maximum atomic E-state index is 11.3. The molecule has 88 valence electrons. The number of carbonyl (C=O) groups excluding carboxylic acids is 2. The molecule has 0 aliphatic carbocycles. The number of rotatable bonds is 5. The fourth-order valence-corrected chi connectivity index (χ4v) is 1.60. The van der Waals surface area contributed by atoms with Gasteiger partial charge in [0.1, 0.15) is 5.60 Å². The van der Waals surface area contributed by atoms with Crippen LogP contribution in [-0.4, -0.2) is 28.5 Å². The summed E-state index contributed by atoms with van der Waals surface area (Å²) in [5.74, 6) is -0.0465. The molecule has 0 rings (SSSR count). The maximum absolute atomic E-state index is 11.3. The fraction of sp³-hybridized carbons (Fsp3) is 0.800. The van der Waals surface area contributed by atoms with Crippen LogP contribution in [0.5, 0.6) is 0 Å². The number of ether oxygens (including phenoxy) is 1. The van der Waals surface area contributed by atoms with Gasteiger partial charge < -0.3 is 10.5 Å². The highest BCUT2D eigenvalue weighted by atomic mass is 32.2. The highest BCUT2D eigenvalue weighted by Gasteiger charge is 2.16. The number of hydrogen-bond donors (Lipinski definition) is 1. The highest BCUT2D eigenvalue weighted by molar-refractivity contribution is 8.00. The molecule has 0 aromatic heterocycles. The van der Waals surface area contributed by atoms with Gasteiger partial charge in [0, 0.05) is 5.75 Å². The van der Waals surface area contributed by atoms with Crippen molar-refractivity contribution in [3.63, 3.8) is 0 Å². The van der Waals surface area contributed by atoms with Crippen LogP contribution in [0.4, 0.5) is 0 Å². The van der Waals surface area contributed by atoms with Gasteiger partial charge in [-0.2, -0.15) is 0 Å². The lowest BCUT2D eigenvalue weighted by Gasteiger charge is -2.19. The van der Waals surface area contributed by atoms with Gasteiger partial charge in [0.2, 0.25) is 5.91 Å². The van der Waals surface area contributed by atoms with E-state index in [1.807, 2.05) is 20.8 Å². The fourth-order valence-electron chi connectivity index (χ4n) is 0.794. The first-order valence-electron chi connectivity index (χ1n) is 4.85. The Balaban J connectivity index is 3.69. The van der Waals surface area contributed by atoms with E-state index in [1.54, 1.807) is 6.92 Å². The molecule has 0 radical (unpaired) electrons. The first kappa shape index (κ1) is 14.3. The van der Waals surface area contributed by atoms with E-state index in [0.29, 0.717) is 12.2 Å². The van der Waals surface area contributed by atoms with Gasteiger partial charge in [-0.3, -0.25) is 9.59 Å². The molecule has 1 unspecified atom stereocenters. The van der Waals surface area contributed by atoms with Gasteiger partial charge in [-0.1, -0.05) is 0 Å². The lowest BCUT2D eigenvalue weighted by atomic mass is 10.2. The third kappa shape index (κ3) is 8.30. The molecule has 0 aliphatic rings. The van der Waals surface area contributed by atoms with Crippen molar-refractivity contribution in [2.45, 2.75) is 45.0 Å². The Morgan fingerprint density at radius 1 is 1.40 bits per heavy atom. The third-order valence-electron chi connectivity index (χ3n) is 1.49. The van der Waals surface area contributed by atoms with E-state index in [9.17, 15) is 9.59 Å². The Morgan fingerprint density at radius 3 is 2.33 bits per heavy atom. The summed E-state index contributed by atoms with van der Waals surface area (Å²) in [5.41, 5.74) is 4.63. The van der Waals surface area contributed by atoms with Crippen LogP contribution in [0.25, 0.3) is 0 Å². The van der Waals surface area contributed by atoms with Crippen molar-refractivity contribution < 1.29 is 14.3 Å². The molecule has 0 saturated heterocycles. The predicted molar refractivity (Wildman–Crippen MR) is 61.6 cm³/mol. The summed E-state index contributed by atoms with van der Waals surface area (Å²) in [5, 5.41) is -0.257. The Labute approximate surface area is 94.9 Å². The summed E-state index contributed by atoms with van der Waals surface area (Å²) < 4.78 is 5.11. The second-order valence-corrected chi connectivity index (χ2v) is 5.70. The van der Waals surface area contributed by atoms with Gasteiger partial charge in [0.05, 0.1) is 11.7 Å². The van der Waals surface area contributed by atoms with Crippen LogP contribution in [0.3, 0.4) is 0 Å². The van der Waals surface area contributed by atoms with E-state index in [1.165, 1.54) is 11.8 Å². The minimum Gasteiger partial charge on any atom is -0.460 e. The van der Waals surface area contributed by atoms with Gasteiger partial charge >= 0.3 is 5.97 Å². The van der Waals surface area contributed by atoms with Crippen molar-refractivity contribution in [1.29, 1.82) is 0 Å². The molecule has 0 saturated carbocycles. The first-order valence-corrected chi connectivity index (χ1v) is 5.90. The quantitative estimate of drug-likeness (QED) is 0.727. The number of hydrogen-bond acceptors (Lipinski definition) is 4. The molecular weight excluding hydrogens is 214 g/mol. The van der Waals surface area contributed by atoms with Crippen LogP contribution in [0.1, 0.15) is 34.1 Å². The molecular formula is C10H19NO3S. The van der Waals surface area contributed by atoms with E-state index >= 15 is 0 Å². The summed E-state index contributed by atoms with van der Waals surface area (Å²) in [6, 6.07) is 0. The van der Waals surface area contributed by atoms with Crippen molar-refractivity contribution in [3.05, 3.63) is 0 Å². The second kappa shape index (κ2) is 6.00. The normalized spacial score (nSPS) is 13.3. The molecule has 1 atom stereocenters. The third-order valence-corrected chi connectivity index (χ3v) is 2.67. The minimum atomic E-state index is -0.447. The number of carbonyl (C=O) groups is 2. The zero-order chi connectivity index (χ0) is 12.1. The molecule has 0 aliphatic heterocycles. The van der Waals surface area contributed by atoms with Crippen molar-refractivity contribution in [2.24, 2.45) is 5.73 Å². The molecule has 5 heteroatoms. The van der Waals surface area contributed by atoms with Gasteiger partial charge in [0.25, 0.3) is 0 Å². The molecule has 15 heavy (non-hydrogen) atoms. The van der Waals surface area contributed by atoms with Gasteiger partial charge in [-0.15, -0.1) is 11.8 Å². The van der Waals surface area contributed by atoms with E-state index in [2.05, 4.69) is 0 Å². The Bertz CT molecular complexity index is 235. The largest absolute Gasteiger partial charge is 0.460 e. The second-order valence-electron chi connectivity index (χ2n) is 4.25. The Hall–Kier alpha value is -0.710. The van der Waals surface area contributed by atoms with Crippen LogP contribution in [-0.2, 0) is 14.3 Å². The summed E-state index contributed by atoms with van der Waals surface area (Å²) in [6.07, 6.45) is 0.305. The van der Waals surface area contributed by atoms with Crippen molar-refractivity contribution in [3.8, 4) is 0 Å². The molecule has 0 aromatic carbocycles. The standard InChI is InChI=1S/C10H19NO3S/c1-7(9(11)13)15-6-5-8(12)14-10(2,3)4/h7H,5-6H2,1-4H3,(H2,11,13). The maximum Gasteiger partial charge on any atom is 0.307 e. The molecule has 4 nitrogen and oxygen atoms in total. The molecule has 2 N–H and O–H groups in total. The van der Waals surface area contributed by atoms with Crippen molar-refractivity contribution in [2.75, 3.05) is 5.75 Å². The first-order chi connectivity index (χ1) is 6.72. The SMILES string of the molecule is CC(SCCC(=O)OC(C)(C)C)C(N)=O. The number of amides is 1. The Morgan fingerprint density at radius 2 is 1.93 bits per heavy atom. The van der Waals surface area contributed by atoms with Crippen LogP contribution in [0.15, 0.2) is 0 Å². The molecule has 0 heterocycles. The van der Waals surface area contributed by atoms with Gasteiger partial charge in [-0.25, -0.2) is 0 Å². The summed E-state index contributed by atoms with van der Waals surface area (Å²) in [4.78, 5) is 21.9. The van der Waals surface area contributed by atoms with E-state index < -0.39 is 5.60 Å². The number of primary amides is 1. The average molecular weight is 233 g/mol. The van der Waals surface area contributed by atoms with Gasteiger partial charge in [-0.05, 0) is 27.7 Å². The van der Waals surface area contributed by atoms with Crippen LogP contribution >= 0.6 is 11.8 Å². The average Bonchev–Trinajstić information content (AvgIpc) is 2.00. The van der Waals surface area contributed by atoms with Gasteiger partial charge in [0.15, 0.2) is 0 Å². The number of esters is 1. The molecule has 0 fully saturated rings. The molecule has 0 bridgehead atoms. The smallest absolute Gasteiger partial charge is 0.307 e. The summed E-state index contributed by atoms with van der Waals surface area (Å²) in [6.45, 7) is 7.19. The van der Waals surface area contributed by atoms with E-state index in [-0.39, 0.29) is 17.1 Å². The highest BCUT2D eigenvalue weighted by Crippen LogP contribution is 2.13. The summed E-state index contributed by atoms with van der Waals surface area (Å²) >= 11 is 1.36. The topological polar surface area (TPSA) is 69.4 Å². The van der Waals surface area contributed by atoms with Crippen LogP contribution < -0.4 is 5.73 Å². The lowest BCUT2D eigenvalue weighted by molar-refractivity contribution is -0.154. The zero-order valence-electron chi connectivity index (χ0n) is 9.70. The van der Waals surface area contributed by atoms with Crippen LogP contribution in [0.2, 0.25) is 0 Å². The van der Waals surface area contributed by atoms with Crippen LogP contribution in [0, 0.1) is 0 Å². The minimum absolute atomic E-state index is 0.244. The number of nitrogens with two attached hydrogens (primary N) is 1. The van der Waals surface area contributed by atoms with E-state index in [4.69, 9.17) is 10.5 Å². The van der Waals surface area contributed by atoms with Crippen molar-refractivity contribution >= 4 is 23.6 Å². The van der Waals surface area contributed by atoms with E-state index in [0.717, 1.165) is 0 Å². The number of thioether (sulfide) groups is 1. The summed E-state index contributed by atoms with van der Waals surface area (Å²) in [7, 11) is 0. The Kier molecular flexibility index (Phi) is 5.72.